The standard InChI is InChI=1S/C10H13ClN2O3S2/c1-7(14)13-5-4-8(6-13)12-18(15,16)10-3-2-9(11)17-10/h2-3,8,12H,4-6H2,1H3. The molecule has 0 bridgehead atoms. The third kappa shape index (κ3) is 3.03. The molecule has 8 heteroatoms. The highest BCUT2D eigenvalue weighted by atomic mass is 35.5. The number of likely N-dealkylation sites (tertiary alicyclic amines) is 1. The van der Waals surface area contributed by atoms with Crippen molar-refractivity contribution in [3.05, 3.63) is 16.5 Å². The number of amides is 1. The van der Waals surface area contributed by atoms with Gasteiger partial charge in [0.15, 0.2) is 0 Å². The van der Waals surface area contributed by atoms with Gasteiger partial charge in [-0.1, -0.05) is 11.6 Å². The summed E-state index contributed by atoms with van der Waals surface area (Å²) in [4.78, 5) is 12.8. The van der Waals surface area contributed by atoms with Crippen molar-refractivity contribution in [3.8, 4) is 0 Å². The van der Waals surface area contributed by atoms with Gasteiger partial charge in [0, 0.05) is 26.1 Å². The van der Waals surface area contributed by atoms with Crippen LogP contribution in [0.15, 0.2) is 16.3 Å². The average Bonchev–Trinajstić information content (AvgIpc) is 2.86. The minimum Gasteiger partial charge on any atom is -0.341 e. The molecule has 1 aromatic heterocycles. The normalized spacial score (nSPS) is 20.3. The first-order chi connectivity index (χ1) is 8.38. The molecule has 5 nitrogen and oxygen atoms in total. The maximum atomic E-state index is 12.0. The van der Waals surface area contributed by atoms with Gasteiger partial charge in [-0.3, -0.25) is 4.79 Å². The molecule has 0 aromatic carbocycles. The molecule has 1 N–H and O–H groups in total. The molecule has 1 fully saturated rings. The van der Waals surface area contributed by atoms with Crippen LogP contribution < -0.4 is 4.72 Å². The van der Waals surface area contributed by atoms with E-state index in [-0.39, 0.29) is 16.2 Å². The summed E-state index contributed by atoms with van der Waals surface area (Å²) in [6.07, 6.45) is 0.637. The lowest BCUT2D eigenvalue weighted by atomic mass is 10.3. The highest BCUT2D eigenvalue weighted by Crippen LogP contribution is 2.26. The van der Waals surface area contributed by atoms with Gasteiger partial charge < -0.3 is 4.90 Å². The summed E-state index contributed by atoms with van der Waals surface area (Å²) in [5.41, 5.74) is 0. The van der Waals surface area contributed by atoms with Crippen molar-refractivity contribution >= 4 is 38.9 Å². The molecule has 1 unspecified atom stereocenters. The number of sulfonamides is 1. The molecule has 1 aliphatic heterocycles. The van der Waals surface area contributed by atoms with Crippen molar-refractivity contribution < 1.29 is 13.2 Å². The van der Waals surface area contributed by atoms with Crippen molar-refractivity contribution in [2.24, 2.45) is 0 Å². The minimum absolute atomic E-state index is 0.0316. The first-order valence-corrected chi connectivity index (χ1v) is 8.09. The maximum Gasteiger partial charge on any atom is 0.250 e. The van der Waals surface area contributed by atoms with E-state index in [0.29, 0.717) is 23.8 Å². The summed E-state index contributed by atoms with van der Waals surface area (Å²) in [6.45, 7) is 2.50. The number of hydrogen-bond acceptors (Lipinski definition) is 4. The molecule has 1 saturated heterocycles. The predicted octanol–water partition coefficient (Wildman–Crippen LogP) is 1.30. The molecule has 18 heavy (non-hydrogen) atoms. The number of rotatable bonds is 3. The van der Waals surface area contributed by atoms with Crippen LogP contribution in [0.1, 0.15) is 13.3 Å². The van der Waals surface area contributed by atoms with Crippen LogP contribution in [0.2, 0.25) is 4.34 Å². The lowest BCUT2D eigenvalue weighted by molar-refractivity contribution is -0.127. The third-order valence-electron chi connectivity index (χ3n) is 2.77. The Labute approximate surface area is 115 Å². The summed E-state index contributed by atoms with van der Waals surface area (Å²) in [5.74, 6) is -0.0316. The summed E-state index contributed by atoms with van der Waals surface area (Å²) < 4.78 is 27.3. The molecule has 1 aromatic rings. The Morgan fingerprint density at radius 2 is 2.28 bits per heavy atom. The van der Waals surface area contributed by atoms with E-state index in [1.54, 1.807) is 11.0 Å². The zero-order chi connectivity index (χ0) is 13.3. The Hall–Kier alpha value is -0.630. The molecule has 0 spiro atoms. The lowest BCUT2D eigenvalue weighted by Gasteiger charge is -2.14. The molecule has 1 amide bonds. The number of carbonyl (C=O) groups is 1. The summed E-state index contributed by atoms with van der Waals surface area (Å²) in [7, 11) is -3.53. The molecule has 2 rings (SSSR count). The zero-order valence-corrected chi connectivity index (χ0v) is 12.1. The first kappa shape index (κ1) is 13.8. The highest BCUT2D eigenvalue weighted by molar-refractivity contribution is 7.91. The van der Waals surface area contributed by atoms with Crippen molar-refractivity contribution in [1.82, 2.24) is 9.62 Å². The fourth-order valence-electron chi connectivity index (χ4n) is 1.86. The maximum absolute atomic E-state index is 12.0. The van der Waals surface area contributed by atoms with E-state index in [1.165, 1.54) is 13.0 Å². The van der Waals surface area contributed by atoms with E-state index < -0.39 is 10.0 Å². The van der Waals surface area contributed by atoms with E-state index in [2.05, 4.69) is 4.72 Å². The van der Waals surface area contributed by atoms with Gasteiger partial charge >= 0.3 is 0 Å². The molecule has 2 heterocycles. The van der Waals surface area contributed by atoms with Crippen LogP contribution in [0.3, 0.4) is 0 Å². The number of carbonyl (C=O) groups excluding carboxylic acids is 1. The van der Waals surface area contributed by atoms with Crippen LogP contribution in [0, 0.1) is 0 Å². The Kier molecular flexibility index (Phi) is 3.96. The molecule has 1 aliphatic rings. The predicted molar refractivity (Wildman–Crippen MR) is 70.3 cm³/mol. The van der Waals surface area contributed by atoms with Crippen LogP contribution >= 0.6 is 22.9 Å². The second kappa shape index (κ2) is 5.16. The van der Waals surface area contributed by atoms with Crippen molar-refractivity contribution in [1.29, 1.82) is 0 Å². The summed E-state index contributed by atoms with van der Waals surface area (Å²) in [5, 5.41) is 0. The molecule has 0 radical (unpaired) electrons. The number of hydrogen-bond donors (Lipinski definition) is 1. The van der Waals surface area contributed by atoms with E-state index in [9.17, 15) is 13.2 Å². The molecular formula is C10H13ClN2O3S2. The van der Waals surface area contributed by atoms with E-state index in [4.69, 9.17) is 11.6 Å². The highest BCUT2D eigenvalue weighted by Gasteiger charge is 2.28. The van der Waals surface area contributed by atoms with Gasteiger partial charge in [0.05, 0.1) is 4.34 Å². The Morgan fingerprint density at radius 3 is 2.78 bits per heavy atom. The minimum atomic E-state index is -3.53. The number of nitrogens with one attached hydrogen (secondary N) is 1. The van der Waals surface area contributed by atoms with Gasteiger partial charge in [0.2, 0.25) is 15.9 Å². The Bertz CT molecular complexity index is 555. The van der Waals surface area contributed by atoms with Gasteiger partial charge in [0.25, 0.3) is 0 Å². The summed E-state index contributed by atoms with van der Waals surface area (Å²) in [6, 6.07) is 2.81. The SMILES string of the molecule is CC(=O)N1CCC(NS(=O)(=O)c2ccc(Cl)s2)C1. The quantitative estimate of drug-likeness (QED) is 0.915. The topological polar surface area (TPSA) is 66.5 Å². The smallest absolute Gasteiger partial charge is 0.250 e. The average molecular weight is 309 g/mol. The van der Waals surface area contributed by atoms with Crippen LogP contribution in [-0.2, 0) is 14.8 Å². The van der Waals surface area contributed by atoms with Crippen molar-refractivity contribution in [3.63, 3.8) is 0 Å². The summed E-state index contributed by atoms with van der Waals surface area (Å²) >= 11 is 6.74. The van der Waals surface area contributed by atoms with Gasteiger partial charge in [0.1, 0.15) is 4.21 Å². The largest absolute Gasteiger partial charge is 0.341 e. The van der Waals surface area contributed by atoms with Gasteiger partial charge in [-0.25, -0.2) is 13.1 Å². The van der Waals surface area contributed by atoms with Crippen LogP contribution in [0.25, 0.3) is 0 Å². The molecule has 1 atom stereocenters. The number of halogens is 1. The van der Waals surface area contributed by atoms with Gasteiger partial charge in [-0.05, 0) is 18.6 Å². The van der Waals surface area contributed by atoms with Crippen molar-refractivity contribution in [2.75, 3.05) is 13.1 Å². The van der Waals surface area contributed by atoms with Gasteiger partial charge in [-0.2, -0.15) is 0 Å². The number of nitrogens with zero attached hydrogens (tertiary/aromatic N) is 1. The van der Waals surface area contributed by atoms with Crippen LogP contribution in [0.5, 0.6) is 0 Å². The lowest BCUT2D eigenvalue weighted by Crippen LogP contribution is -2.37. The van der Waals surface area contributed by atoms with Crippen LogP contribution in [-0.4, -0.2) is 38.4 Å². The number of thiophene rings is 1. The Morgan fingerprint density at radius 1 is 1.56 bits per heavy atom. The Balaban J connectivity index is 2.04. The molecule has 0 aliphatic carbocycles. The molecule has 100 valence electrons. The second-order valence-electron chi connectivity index (χ2n) is 4.13. The fourth-order valence-corrected chi connectivity index (χ4v) is 4.62. The van der Waals surface area contributed by atoms with E-state index in [1.807, 2.05) is 0 Å². The third-order valence-corrected chi connectivity index (χ3v) is 6.01. The fraction of sp³-hybridized carbons (Fsp3) is 0.500. The molecule has 0 saturated carbocycles. The first-order valence-electron chi connectivity index (χ1n) is 5.41. The van der Waals surface area contributed by atoms with Crippen molar-refractivity contribution in [2.45, 2.75) is 23.6 Å². The van der Waals surface area contributed by atoms with E-state index >= 15 is 0 Å². The monoisotopic (exact) mass is 308 g/mol. The van der Waals surface area contributed by atoms with Crippen LogP contribution in [0.4, 0.5) is 0 Å². The zero-order valence-electron chi connectivity index (χ0n) is 9.72. The molecular weight excluding hydrogens is 296 g/mol. The second-order valence-corrected chi connectivity index (χ2v) is 7.79. The van der Waals surface area contributed by atoms with Gasteiger partial charge in [-0.15, -0.1) is 11.3 Å². The van der Waals surface area contributed by atoms with E-state index in [0.717, 1.165) is 11.3 Å².